The number of ether oxygens (including phenoxy) is 2. The van der Waals surface area contributed by atoms with Crippen molar-refractivity contribution in [1.82, 2.24) is 0 Å². The van der Waals surface area contributed by atoms with Crippen LogP contribution in [0.4, 0.5) is 0 Å². The number of thioether (sulfide) groups is 1. The van der Waals surface area contributed by atoms with E-state index in [0.29, 0.717) is 25.4 Å². The first-order valence-corrected chi connectivity index (χ1v) is 8.68. The van der Waals surface area contributed by atoms with Crippen LogP contribution in [0.15, 0.2) is 0 Å². The molecule has 20 heavy (non-hydrogen) atoms. The lowest BCUT2D eigenvalue weighted by molar-refractivity contribution is -0.144. The summed E-state index contributed by atoms with van der Waals surface area (Å²) in [4.78, 5) is 23.2. The molecule has 5 heteroatoms. The van der Waals surface area contributed by atoms with Gasteiger partial charge in [0.1, 0.15) is 5.78 Å². The molecule has 0 aromatic heterocycles. The van der Waals surface area contributed by atoms with Crippen LogP contribution in [0.3, 0.4) is 0 Å². The monoisotopic (exact) mass is 300 g/mol. The maximum absolute atomic E-state index is 12.0. The van der Waals surface area contributed by atoms with Crippen molar-refractivity contribution in [3.05, 3.63) is 0 Å². The summed E-state index contributed by atoms with van der Waals surface area (Å²) in [5, 5.41) is 0. The Morgan fingerprint density at radius 2 is 2.25 bits per heavy atom. The van der Waals surface area contributed by atoms with Crippen molar-refractivity contribution in [1.29, 1.82) is 0 Å². The molecular weight excluding hydrogens is 276 g/mol. The Labute approximate surface area is 125 Å². The average molecular weight is 300 g/mol. The van der Waals surface area contributed by atoms with Gasteiger partial charge in [-0.05, 0) is 37.9 Å². The highest BCUT2D eigenvalue weighted by Gasteiger charge is 2.40. The van der Waals surface area contributed by atoms with Crippen molar-refractivity contribution >= 4 is 23.5 Å². The minimum atomic E-state index is -0.267. The molecule has 0 radical (unpaired) electrons. The molecule has 0 aromatic rings. The molecule has 4 nitrogen and oxygen atoms in total. The van der Waals surface area contributed by atoms with Gasteiger partial charge in [0.05, 0.1) is 18.6 Å². The van der Waals surface area contributed by atoms with Crippen LogP contribution in [0.2, 0.25) is 0 Å². The van der Waals surface area contributed by atoms with Gasteiger partial charge in [-0.1, -0.05) is 0 Å². The quantitative estimate of drug-likeness (QED) is 0.706. The fourth-order valence-electron chi connectivity index (χ4n) is 3.07. The minimum Gasteiger partial charge on any atom is -0.466 e. The van der Waals surface area contributed by atoms with Crippen LogP contribution < -0.4 is 0 Å². The van der Waals surface area contributed by atoms with Gasteiger partial charge in [-0.2, -0.15) is 11.8 Å². The molecule has 114 valence electrons. The maximum atomic E-state index is 12.0. The van der Waals surface area contributed by atoms with Crippen molar-refractivity contribution in [2.24, 2.45) is 5.92 Å². The third kappa shape index (κ3) is 4.48. The van der Waals surface area contributed by atoms with Crippen LogP contribution in [0.1, 0.15) is 45.4 Å². The molecule has 2 fully saturated rings. The van der Waals surface area contributed by atoms with E-state index in [1.165, 1.54) is 5.75 Å². The topological polar surface area (TPSA) is 52.6 Å². The van der Waals surface area contributed by atoms with Crippen molar-refractivity contribution in [3.8, 4) is 0 Å². The molecule has 0 saturated carbocycles. The van der Waals surface area contributed by atoms with Crippen molar-refractivity contribution in [2.75, 3.05) is 24.7 Å². The molecule has 0 aromatic carbocycles. The second-order valence-electron chi connectivity index (χ2n) is 5.74. The summed E-state index contributed by atoms with van der Waals surface area (Å²) < 4.78 is 10.8. The molecule has 0 N–H and O–H groups in total. The van der Waals surface area contributed by atoms with Gasteiger partial charge in [-0.15, -0.1) is 0 Å². The van der Waals surface area contributed by atoms with Crippen molar-refractivity contribution < 1.29 is 19.1 Å². The highest BCUT2D eigenvalue weighted by molar-refractivity contribution is 7.99. The van der Waals surface area contributed by atoms with Gasteiger partial charge in [0.15, 0.2) is 0 Å². The van der Waals surface area contributed by atoms with E-state index >= 15 is 0 Å². The Morgan fingerprint density at radius 3 is 2.95 bits per heavy atom. The number of hydrogen-bond acceptors (Lipinski definition) is 5. The smallest absolute Gasteiger partial charge is 0.306 e. The summed E-state index contributed by atoms with van der Waals surface area (Å²) in [6.07, 6.45) is 4.22. The van der Waals surface area contributed by atoms with Gasteiger partial charge in [0.2, 0.25) is 0 Å². The Bertz CT molecular complexity index is 350. The lowest BCUT2D eigenvalue weighted by Crippen LogP contribution is -2.40. The lowest BCUT2D eigenvalue weighted by Gasteiger charge is -2.37. The summed E-state index contributed by atoms with van der Waals surface area (Å²) in [5.41, 5.74) is 0.0367. The summed E-state index contributed by atoms with van der Waals surface area (Å²) in [7, 11) is 0. The number of Topliss-reactive ketones (excluding diaryl/α,β-unsaturated/α-hetero) is 1. The largest absolute Gasteiger partial charge is 0.466 e. The Hall–Kier alpha value is -0.550. The molecule has 2 aliphatic heterocycles. The average Bonchev–Trinajstić information content (AvgIpc) is 2.85. The number of rotatable bonds is 6. The highest BCUT2D eigenvalue weighted by atomic mass is 32.2. The second kappa shape index (κ2) is 7.46. The van der Waals surface area contributed by atoms with Gasteiger partial charge in [0, 0.05) is 25.2 Å². The number of carbonyl (C=O) groups excluding carboxylic acids is 2. The number of hydrogen-bond donors (Lipinski definition) is 0. The van der Waals surface area contributed by atoms with Gasteiger partial charge in [0.25, 0.3) is 0 Å². The lowest BCUT2D eigenvalue weighted by atomic mass is 9.82. The van der Waals surface area contributed by atoms with Gasteiger partial charge >= 0.3 is 5.97 Å². The minimum absolute atomic E-state index is 0.0367. The molecule has 0 aliphatic carbocycles. The highest BCUT2D eigenvalue weighted by Crippen LogP contribution is 2.41. The molecule has 2 aliphatic rings. The zero-order chi connectivity index (χ0) is 14.4. The van der Waals surface area contributed by atoms with Crippen molar-refractivity contribution in [3.63, 3.8) is 0 Å². The van der Waals surface area contributed by atoms with Crippen LogP contribution in [0.25, 0.3) is 0 Å². The fourth-order valence-corrected chi connectivity index (χ4v) is 4.44. The molecule has 1 spiro atoms. The third-order valence-electron chi connectivity index (χ3n) is 4.09. The third-order valence-corrected chi connectivity index (χ3v) is 5.31. The van der Waals surface area contributed by atoms with E-state index in [9.17, 15) is 9.59 Å². The zero-order valence-electron chi connectivity index (χ0n) is 12.2. The summed E-state index contributed by atoms with van der Waals surface area (Å²) in [6, 6.07) is 0. The molecule has 2 unspecified atom stereocenters. The molecular formula is C15H24O4S. The first kappa shape index (κ1) is 15.8. The van der Waals surface area contributed by atoms with E-state index in [2.05, 4.69) is 0 Å². The maximum Gasteiger partial charge on any atom is 0.306 e. The van der Waals surface area contributed by atoms with Crippen LogP contribution in [-0.2, 0) is 19.1 Å². The van der Waals surface area contributed by atoms with Crippen LogP contribution in [-0.4, -0.2) is 42.1 Å². The predicted molar refractivity (Wildman–Crippen MR) is 78.8 cm³/mol. The van der Waals surface area contributed by atoms with Crippen LogP contribution in [0.5, 0.6) is 0 Å². The van der Waals surface area contributed by atoms with E-state index < -0.39 is 0 Å². The first-order valence-electron chi connectivity index (χ1n) is 7.52. The second-order valence-corrected chi connectivity index (χ2v) is 6.85. The first-order chi connectivity index (χ1) is 9.63. The van der Waals surface area contributed by atoms with E-state index in [0.717, 1.165) is 31.6 Å². The molecule has 2 atom stereocenters. The van der Waals surface area contributed by atoms with E-state index in [4.69, 9.17) is 9.47 Å². The molecule has 0 bridgehead atoms. The Kier molecular flexibility index (Phi) is 5.90. The Morgan fingerprint density at radius 1 is 1.40 bits per heavy atom. The molecule has 2 rings (SSSR count). The normalized spacial score (nSPS) is 29.6. The zero-order valence-corrected chi connectivity index (χ0v) is 13.0. The number of ketones is 1. The summed E-state index contributed by atoms with van der Waals surface area (Å²) in [5.74, 6) is 2.59. The van der Waals surface area contributed by atoms with E-state index in [1.54, 1.807) is 6.92 Å². The van der Waals surface area contributed by atoms with E-state index in [1.807, 2.05) is 11.8 Å². The van der Waals surface area contributed by atoms with Crippen molar-refractivity contribution in [2.45, 2.75) is 51.0 Å². The summed E-state index contributed by atoms with van der Waals surface area (Å²) in [6.45, 7) is 2.93. The standard InChI is InChI=1S/C15H24O4S/c1-2-18-14(17)4-3-13(16)9-12-5-7-19-15(10-12)6-8-20-11-15/h12H,2-11H2,1H3. The predicted octanol–water partition coefficient (Wildman–Crippen LogP) is 2.59. The summed E-state index contributed by atoms with van der Waals surface area (Å²) >= 11 is 1.95. The fraction of sp³-hybridized carbons (Fsp3) is 0.867. The van der Waals surface area contributed by atoms with Gasteiger partial charge in [-0.25, -0.2) is 0 Å². The van der Waals surface area contributed by atoms with Gasteiger partial charge < -0.3 is 9.47 Å². The number of esters is 1. The van der Waals surface area contributed by atoms with Gasteiger partial charge in [-0.3, -0.25) is 9.59 Å². The van der Waals surface area contributed by atoms with E-state index in [-0.39, 0.29) is 23.8 Å². The Balaban J connectivity index is 1.72. The molecule has 2 saturated heterocycles. The SMILES string of the molecule is CCOC(=O)CCC(=O)CC1CCOC2(CCSC2)C1. The molecule has 0 amide bonds. The number of carbonyl (C=O) groups is 2. The van der Waals surface area contributed by atoms with Crippen LogP contribution in [0, 0.1) is 5.92 Å². The van der Waals surface area contributed by atoms with Crippen LogP contribution >= 0.6 is 11.8 Å². The molecule has 2 heterocycles.